The maximum absolute atomic E-state index is 14.1. The van der Waals surface area contributed by atoms with E-state index in [-0.39, 0.29) is 18.4 Å². The molecule has 0 aromatic rings. The molecule has 2 amide bonds. The van der Waals surface area contributed by atoms with Gasteiger partial charge in [-0.1, -0.05) is 0 Å². The lowest BCUT2D eigenvalue weighted by atomic mass is 9.91. The Morgan fingerprint density at radius 1 is 1.53 bits per heavy atom. The topological polar surface area (TPSA) is 70.7 Å². The second-order valence-electron chi connectivity index (χ2n) is 5.61. The Labute approximate surface area is 111 Å². The molecule has 0 unspecified atom stereocenters. The van der Waals surface area contributed by atoms with E-state index in [1.807, 2.05) is 0 Å². The van der Waals surface area contributed by atoms with E-state index in [0.717, 1.165) is 0 Å². The summed E-state index contributed by atoms with van der Waals surface area (Å²) in [4.78, 5) is 23.3. The number of rotatable bonds is 2. The third-order valence-corrected chi connectivity index (χ3v) is 3.63. The average molecular weight is 273 g/mol. The highest BCUT2D eigenvalue weighted by Gasteiger charge is 2.45. The fourth-order valence-electron chi connectivity index (χ4n) is 2.75. The molecular formula is C12H20FN3O3. The Hall–Kier alpha value is -1.21. The van der Waals surface area contributed by atoms with Crippen molar-refractivity contribution in [3.63, 3.8) is 0 Å². The SMILES string of the molecule is CO[C@H]1[C@@H](F)CN(C(=O)[C@@H]2CCC(=O)N2)NC1(C)C. The maximum atomic E-state index is 14.1. The molecule has 2 aliphatic rings. The standard InChI is InChI=1S/C12H20FN3O3/c1-12(2)10(19-3)7(13)6-16(15-12)11(18)8-4-5-9(17)14-8/h7-8,10,15H,4-6H2,1-3H3,(H,14,17)/t7-,8-,10-/m0/s1. The van der Waals surface area contributed by atoms with E-state index < -0.39 is 23.9 Å². The zero-order chi connectivity index (χ0) is 14.2. The Kier molecular flexibility index (Phi) is 3.78. The molecule has 108 valence electrons. The fourth-order valence-corrected chi connectivity index (χ4v) is 2.75. The number of nitrogens with zero attached hydrogens (tertiary/aromatic N) is 1. The van der Waals surface area contributed by atoms with Crippen LogP contribution in [0.2, 0.25) is 0 Å². The molecule has 2 N–H and O–H groups in total. The molecule has 6 nitrogen and oxygen atoms in total. The van der Waals surface area contributed by atoms with Crippen molar-refractivity contribution in [3.8, 4) is 0 Å². The molecule has 19 heavy (non-hydrogen) atoms. The minimum atomic E-state index is -1.26. The van der Waals surface area contributed by atoms with Crippen LogP contribution < -0.4 is 10.7 Å². The summed E-state index contributed by atoms with van der Waals surface area (Å²) in [5.41, 5.74) is 2.29. The first-order valence-corrected chi connectivity index (χ1v) is 6.40. The van der Waals surface area contributed by atoms with Gasteiger partial charge in [0.25, 0.3) is 5.91 Å². The van der Waals surface area contributed by atoms with Crippen LogP contribution in [0.25, 0.3) is 0 Å². The van der Waals surface area contributed by atoms with Crippen LogP contribution >= 0.6 is 0 Å². The van der Waals surface area contributed by atoms with Gasteiger partial charge in [-0.05, 0) is 20.3 Å². The zero-order valence-electron chi connectivity index (χ0n) is 11.4. The minimum absolute atomic E-state index is 0.0762. The third-order valence-electron chi connectivity index (χ3n) is 3.63. The molecule has 0 aromatic heterocycles. The number of hydrazine groups is 1. The minimum Gasteiger partial charge on any atom is -0.376 e. The van der Waals surface area contributed by atoms with Crippen molar-refractivity contribution in [2.75, 3.05) is 13.7 Å². The van der Waals surface area contributed by atoms with E-state index in [0.29, 0.717) is 12.8 Å². The van der Waals surface area contributed by atoms with Crippen LogP contribution in [0.5, 0.6) is 0 Å². The predicted molar refractivity (Wildman–Crippen MR) is 65.8 cm³/mol. The van der Waals surface area contributed by atoms with E-state index in [4.69, 9.17) is 4.74 Å². The van der Waals surface area contributed by atoms with Crippen molar-refractivity contribution in [1.29, 1.82) is 0 Å². The van der Waals surface area contributed by atoms with Crippen LogP contribution in [0.3, 0.4) is 0 Å². The molecule has 0 spiro atoms. The van der Waals surface area contributed by atoms with Gasteiger partial charge in [0.2, 0.25) is 5.91 Å². The smallest absolute Gasteiger partial charge is 0.259 e. The first-order valence-electron chi connectivity index (χ1n) is 6.40. The van der Waals surface area contributed by atoms with Gasteiger partial charge in [0, 0.05) is 13.5 Å². The Bertz CT molecular complexity index is 388. The van der Waals surface area contributed by atoms with Crippen molar-refractivity contribution >= 4 is 11.8 Å². The molecule has 3 atom stereocenters. The largest absolute Gasteiger partial charge is 0.376 e. The Morgan fingerprint density at radius 3 is 2.68 bits per heavy atom. The quantitative estimate of drug-likeness (QED) is 0.727. The summed E-state index contributed by atoms with van der Waals surface area (Å²) in [7, 11) is 1.45. The summed E-state index contributed by atoms with van der Waals surface area (Å²) in [5.74, 6) is -0.433. The first-order chi connectivity index (χ1) is 8.85. The Balaban J connectivity index is 2.06. The van der Waals surface area contributed by atoms with Gasteiger partial charge in [-0.3, -0.25) is 14.6 Å². The van der Waals surface area contributed by atoms with Crippen LogP contribution in [0.1, 0.15) is 26.7 Å². The summed E-state index contributed by atoms with van der Waals surface area (Å²) in [6.45, 7) is 3.48. The third kappa shape index (κ3) is 2.71. The van der Waals surface area contributed by atoms with Gasteiger partial charge in [-0.15, -0.1) is 0 Å². The van der Waals surface area contributed by atoms with E-state index in [9.17, 15) is 14.0 Å². The van der Waals surface area contributed by atoms with E-state index in [1.165, 1.54) is 12.1 Å². The zero-order valence-corrected chi connectivity index (χ0v) is 11.4. The van der Waals surface area contributed by atoms with Gasteiger partial charge in [0.05, 0.1) is 12.1 Å². The highest BCUT2D eigenvalue weighted by molar-refractivity contribution is 5.90. The highest BCUT2D eigenvalue weighted by atomic mass is 19.1. The van der Waals surface area contributed by atoms with E-state index in [1.54, 1.807) is 13.8 Å². The molecule has 2 rings (SSSR count). The number of halogens is 1. The number of ether oxygens (including phenoxy) is 1. The lowest BCUT2D eigenvalue weighted by Gasteiger charge is -2.46. The number of methoxy groups -OCH3 is 1. The van der Waals surface area contributed by atoms with Gasteiger partial charge < -0.3 is 10.1 Å². The van der Waals surface area contributed by atoms with Gasteiger partial charge in [0.1, 0.15) is 18.3 Å². The predicted octanol–water partition coefficient (Wildman–Crippen LogP) is -0.256. The van der Waals surface area contributed by atoms with Gasteiger partial charge in [-0.25, -0.2) is 9.82 Å². The van der Waals surface area contributed by atoms with Crippen molar-refractivity contribution in [2.24, 2.45) is 0 Å². The Morgan fingerprint density at radius 2 is 2.21 bits per heavy atom. The van der Waals surface area contributed by atoms with Crippen LogP contribution in [-0.2, 0) is 14.3 Å². The molecule has 2 fully saturated rings. The van der Waals surface area contributed by atoms with E-state index in [2.05, 4.69) is 10.7 Å². The number of alkyl halides is 1. The highest BCUT2D eigenvalue weighted by Crippen LogP contribution is 2.25. The van der Waals surface area contributed by atoms with Crippen LogP contribution in [0, 0.1) is 0 Å². The van der Waals surface area contributed by atoms with Crippen molar-refractivity contribution in [3.05, 3.63) is 0 Å². The van der Waals surface area contributed by atoms with Gasteiger partial charge >= 0.3 is 0 Å². The van der Waals surface area contributed by atoms with Crippen LogP contribution in [-0.4, -0.2) is 54.3 Å². The lowest BCUT2D eigenvalue weighted by molar-refractivity contribution is -0.154. The van der Waals surface area contributed by atoms with Gasteiger partial charge in [-0.2, -0.15) is 0 Å². The number of nitrogens with one attached hydrogen (secondary N) is 2. The second kappa shape index (κ2) is 5.05. The molecule has 2 saturated heterocycles. The molecule has 0 aromatic carbocycles. The van der Waals surface area contributed by atoms with Crippen LogP contribution in [0.4, 0.5) is 4.39 Å². The summed E-state index contributed by atoms with van der Waals surface area (Å²) in [6, 6.07) is -0.554. The average Bonchev–Trinajstić information content (AvgIpc) is 2.73. The molecule has 0 bridgehead atoms. The molecular weight excluding hydrogens is 253 g/mol. The van der Waals surface area contributed by atoms with Crippen molar-refractivity contribution in [2.45, 2.75) is 50.5 Å². The lowest BCUT2D eigenvalue weighted by Crippen LogP contribution is -2.70. The summed E-state index contributed by atoms with van der Waals surface area (Å²) in [6.07, 6.45) is -1.08. The molecule has 0 radical (unpaired) electrons. The monoisotopic (exact) mass is 273 g/mol. The summed E-state index contributed by atoms with van der Waals surface area (Å²) >= 11 is 0. The molecule has 2 heterocycles. The van der Waals surface area contributed by atoms with Crippen molar-refractivity contribution < 1.29 is 18.7 Å². The number of hydrogen-bond donors (Lipinski definition) is 2. The van der Waals surface area contributed by atoms with Crippen molar-refractivity contribution in [1.82, 2.24) is 15.8 Å². The maximum Gasteiger partial charge on any atom is 0.259 e. The molecule has 7 heteroatoms. The second-order valence-corrected chi connectivity index (χ2v) is 5.61. The first kappa shape index (κ1) is 14.2. The van der Waals surface area contributed by atoms with Crippen LogP contribution in [0.15, 0.2) is 0 Å². The molecule has 0 saturated carbocycles. The van der Waals surface area contributed by atoms with E-state index >= 15 is 0 Å². The fraction of sp³-hybridized carbons (Fsp3) is 0.833. The number of carbonyl (C=O) groups is 2. The number of hydrogen-bond acceptors (Lipinski definition) is 4. The summed E-state index contributed by atoms with van der Waals surface area (Å²) < 4.78 is 19.2. The number of carbonyl (C=O) groups excluding carboxylic acids is 2. The summed E-state index contributed by atoms with van der Waals surface area (Å²) in [5, 5.41) is 3.85. The molecule has 0 aliphatic carbocycles. The molecule has 2 aliphatic heterocycles. The normalized spacial score (nSPS) is 34.2. The number of amides is 2. The van der Waals surface area contributed by atoms with Gasteiger partial charge in [0.15, 0.2) is 0 Å².